The van der Waals surface area contributed by atoms with E-state index in [0.717, 1.165) is 26.9 Å². The van der Waals surface area contributed by atoms with Crippen molar-refractivity contribution in [2.24, 2.45) is 0 Å². The van der Waals surface area contributed by atoms with E-state index in [1.165, 1.54) is 16.2 Å². The summed E-state index contributed by atoms with van der Waals surface area (Å²) in [5.41, 5.74) is 4.32. The van der Waals surface area contributed by atoms with Crippen molar-refractivity contribution in [2.45, 2.75) is 32.7 Å². The number of anilines is 1. The number of Topliss-reactive ketones (excluding diaryl/α,β-unsaturated/α-hetero) is 1. The minimum atomic E-state index is -0.775. The molecule has 34 heavy (non-hydrogen) atoms. The van der Waals surface area contributed by atoms with Gasteiger partial charge in [-0.25, -0.2) is 4.98 Å². The van der Waals surface area contributed by atoms with Gasteiger partial charge < -0.3 is 5.11 Å². The Hall–Kier alpha value is -3.77. The first-order chi connectivity index (χ1) is 16.3. The molecule has 1 N–H and O–H groups in total. The van der Waals surface area contributed by atoms with Crippen LogP contribution in [0.15, 0.2) is 78.4 Å². The molecule has 2 heterocycles. The lowest BCUT2D eigenvalue weighted by Gasteiger charge is -2.23. The quantitative estimate of drug-likeness (QED) is 0.215. The van der Waals surface area contributed by atoms with Gasteiger partial charge in [0.05, 0.1) is 21.8 Å². The van der Waals surface area contributed by atoms with Gasteiger partial charge in [-0.05, 0) is 41.7 Å². The lowest BCUT2D eigenvalue weighted by atomic mass is 9.93. The van der Waals surface area contributed by atoms with Crippen molar-refractivity contribution in [1.82, 2.24) is 4.98 Å². The van der Waals surface area contributed by atoms with E-state index in [2.05, 4.69) is 18.8 Å². The number of carbonyl (C=O) groups is 2. The van der Waals surface area contributed by atoms with Crippen molar-refractivity contribution in [1.29, 1.82) is 0 Å². The maximum atomic E-state index is 13.4. The van der Waals surface area contributed by atoms with Crippen molar-refractivity contribution in [2.75, 3.05) is 4.90 Å². The molecule has 0 radical (unpaired) electrons. The van der Waals surface area contributed by atoms with Gasteiger partial charge >= 0.3 is 5.91 Å². The Kier molecular flexibility index (Phi) is 5.54. The van der Waals surface area contributed by atoms with Crippen molar-refractivity contribution in [3.05, 3.63) is 101 Å². The number of ketones is 1. The van der Waals surface area contributed by atoms with Gasteiger partial charge in [-0.2, -0.15) is 0 Å². The average molecular weight is 469 g/mol. The number of aryl methyl sites for hydroxylation is 1. The highest BCUT2D eigenvalue weighted by molar-refractivity contribution is 7.22. The summed E-state index contributed by atoms with van der Waals surface area (Å²) in [6, 6.07) is 21.8. The summed E-state index contributed by atoms with van der Waals surface area (Å²) in [5, 5.41) is 11.6. The molecule has 1 aromatic heterocycles. The van der Waals surface area contributed by atoms with Gasteiger partial charge in [0, 0.05) is 5.56 Å². The summed E-state index contributed by atoms with van der Waals surface area (Å²) < 4.78 is 0.939. The Labute approximate surface area is 202 Å². The Morgan fingerprint density at radius 1 is 1.00 bits per heavy atom. The molecular weight excluding hydrogens is 444 g/mol. The fourth-order valence-electron chi connectivity index (χ4n) is 4.28. The first kappa shape index (κ1) is 22.0. The van der Waals surface area contributed by atoms with E-state index < -0.39 is 17.7 Å². The summed E-state index contributed by atoms with van der Waals surface area (Å²) in [6.07, 6.45) is 0. The summed E-state index contributed by atoms with van der Waals surface area (Å²) in [4.78, 5) is 32.8. The molecule has 1 fully saturated rings. The van der Waals surface area contributed by atoms with Gasteiger partial charge in [-0.1, -0.05) is 85.8 Å². The van der Waals surface area contributed by atoms with Crippen molar-refractivity contribution < 1.29 is 14.7 Å². The molecule has 5 nitrogen and oxygen atoms in total. The second-order valence-electron chi connectivity index (χ2n) is 8.82. The predicted molar refractivity (Wildman–Crippen MR) is 136 cm³/mol. The molecule has 6 heteroatoms. The molecule has 4 aromatic rings. The third kappa shape index (κ3) is 3.70. The molecular formula is C28H24N2O3S. The highest BCUT2D eigenvalue weighted by atomic mass is 32.1. The number of amides is 1. The number of aliphatic hydroxyl groups excluding tert-OH is 1. The number of benzene rings is 3. The molecule has 0 bridgehead atoms. The highest BCUT2D eigenvalue weighted by Crippen LogP contribution is 2.44. The molecule has 170 valence electrons. The normalized spacial score (nSPS) is 17.8. The fraction of sp³-hybridized carbons (Fsp3) is 0.179. The third-order valence-electron chi connectivity index (χ3n) is 6.15. The smallest absolute Gasteiger partial charge is 0.301 e. The molecule has 1 saturated heterocycles. The number of aliphatic hydroxyl groups is 1. The predicted octanol–water partition coefficient (Wildman–Crippen LogP) is 6.35. The summed E-state index contributed by atoms with van der Waals surface area (Å²) in [6.45, 7) is 6.22. The zero-order valence-electron chi connectivity index (χ0n) is 19.1. The van der Waals surface area contributed by atoms with Crippen molar-refractivity contribution >= 4 is 44.1 Å². The zero-order chi connectivity index (χ0) is 24.0. The van der Waals surface area contributed by atoms with E-state index in [1.54, 1.807) is 24.3 Å². The van der Waals surface area contributed by atoms with Crippen molar-refractivity contribution in [3.8, 4) is 0 Å². The second kappa shape index (κ2) is 8.54. The summed E-state index contributed by atoms with van der Waals surface area (Å²) >= 11 is 1.37. The number of thiazole rings is 1. The monoisotopic (exact) mass is 468 g/mol. The lowest BCUT2D eigenvalue weighted by Crippen LogP contribution is -2.29. The van der Waals surface area contributed by atoms with Crippen LogP contribution in [0.1, 0.15) is 48.1 Å². The van der Waals surface area contributed by atoms with Crippen molar-refractivity contribution in [3.63, 3.8) is 0 Å². The topological polar surface area (TPSA) is 70.5 Å². The van der Waals surface area contributed by atoms with E-state index in [0.29, 0.717) is 16.6 Å². The molecule has 0 spiro atoms. The van der Waals surface area contributed by atoms with Crippen LogP contribution in [0.25, 0.3) is 16.0 Å². The summed E-state index contributed by atoms with van der Waals surface area (Å²) in [5.74, 6) is -1.24. The van der Waals surface area contributed by atoms with Gasteiger partial charge in [0.15, 0.2) is 5.13 Å². The fourth-order valence-corrected chi connectivity index (χ4v) is 5.37. The van der Waals surface area contributed by atoms with Crippen LogP contribution in [0.2, 0.25) is 0 Å². The van der Waals surface area contributed by atoms with Gasteiger partial charge in [0.25, 0.3) is 5.78 Å². The standard InChI is InChI=1S/C28H24N2O3S/c1-16(2)18-10-12-19(13-11-18)24-23(25(31)20-7-5-4-6-8-20)26(32)27(33)30(24)28-29-21-14-9-17(3)15-22(21)34-28/h4-16,24,31H,1-3H3/t24-/m0/s1. The van der Waals surface area contributed by atoms with Crippen LogP contribution < -0.4 is 4.90 Å². The van der Waals surface area contributed by atoms with E-state index in [4.69, 9.17) is 0 Å². The lowest BCUT2D eigenvalue weighted by molar-refractivity contribution is -0.132. The van der Waals surface area contributed by atoms with E-state index in [-0.39, 0.29) is 11.3 Å². The molecule has 1 aliphatic heterocycles. The van der Waals surface area contributed by atoms with Crippen LogP contribution in [-0.2, 0) is 9.59 Å². The van der Waals surface area contributed by atoms with Gasteiger partial charge in [0.2, 0.25) is 0 Å². The number of hydrogen-bond donors (Lipinski definition) is 1. The molecule has 0 unspecified atom stereocenters. The number of aromatic nitrogens is 1. The molecule has 1 amide bonds. The number of nitrogens with zero attached hydrogens (tertiary/aromatic N) is 2. The van der Waals surface area contributed by atoms with Gasteiger partial charge in [-0.3, -0.25) is 14.5 Å². The molecule has 1 aliphatic rings. The van der Waals surface area contributed by atoms with Gasteiger partial charge in [-0.15, -0.1) is 0 Å². The summed E-state index contributed by atoms with van der Waals surface area (Å²) in [7, 11) is 0. The number of hydrogen-bond acceptors (Lipinski definition) is 5. The van der Waals surface area contributed by atoms with Crippen LogP contribution in [0.4, 0.5) is 5.13 Å². The molecule has 3 aromatic carbocycles. The first-order valence-electron chi connectivity index (χ1n) is 11.2. The zero-order valence-corrected chi connectivity index (χ0v) is 20.0. The van der Waals surface area contributed by atoms with Crippen LogP contribution in [0.3, 0.4) is 0 Å². The van der Waals surface area contributed by atoms with Crippen LogP contribution in [0, 0.1) is 6.92 Å². The first-order valence-corrected chi connectivity index (χ1v) is 12.0. The number of fused-ring (bicyclic) bond motifs is 1. The van der Waals surface area contributed by atoms with E-state index >= 15 is 0 Å². The second-order valence-corrected chi connectivity index (χ2v) is 9.83. The number of carbonyl (C=O) groups excluding carboxylic acids is 2. The Morgan fingerprint density at radius 3 is 2.38 bits per heavy atom. The molecule has 1 atom stereocenters. The molecule has 0 aliphatic carbocycles. The average Bonchev–Trinajstić information content (AvgIpc) is 3.37. The van der Waals surface area contributed by atoms with E-state index in [1.807, 2.05) is 55.5 Å². The minimum absolute atomic E-state index is 0.0731. The SMILES string of the molecule is Cc1ccc2nc(N3C(=O)C(=O)C(=C(O)c4ccccc4)[C@@H]3c3ccc(C(C)C)cc3)sc2c1. The minimum Gasteiger partial charge on any atom is -0.507 e. The number of rotatable bonds is 4. The maximum absolute atomic E-state index is 13.4. The maximum Gasteiger partial charge on any atom is 0.301 e. The van der Waals surface area contributed by atoms with Crippen LogP contribution >= 0.6 is 11.3 Å². The molecule has 0 saturated carbocycles. The Bertz CT molecular complexity index is 1440. The van der Waals surface area contributed by atoms with Crippen LogP contribution in [0.5, 0.6) is 0 Å². The highest BCUT2D eigenvalue weighted by Gasteiger charge is 2.48. The third-order valence-corrected chi connectivity index (χ3v) is 7.17. The Morgan fingerprint density at radius 2 is 1.71 bits per heavy atom. The largest absolute Gasteiger partial charge is 0.507 e. The Balaban J connectivity index is 1.72. The van der Waals surface area contributed by atoms with E-state index in [9.17, 15) is 14.7 Å². The van der Waals surface area contributed by atoms with Crippen LogP contribution in [-0.4, -0.2) is 21.8 Å². The van der Waals surface area contributed by atoms with Gasteiger partial charge in [0.1, 0.15) is 5.76 Å². The molecule has 5 rings (SSSR count).